The number of carbonyl (C=O) groups excluding carboxylic acids is 1. The normalized spacial score (nSPS) is 22.8. The van der Waals surface area contributed by atoms with Crippen molar-refractivity contribution in [1.29, 1.82) is 0 Å². The van der Waals surface area contributed by atoms with Crippen LogP contribution in [0.4, 0.5) is 17.6 Å². The number of halogens is 4. The monoisotopic (exact) mass is 355 g/mol. The van der Waals surface area contributed by atoms with Gasteiger partial charge in [0.2, 0.25) is 5.91 Å². The molecule has 2 fully saturated rings. The second-order valence-electron chi connectivity index (χ2n) is 6.59. The molecule has 1 amide bonds. The number of piperidine rings is 1. The highest BCUT2D eigenvalue weighted by molar-refractivity contribution is 5.83. The van der Waals surface area contributed by atoms with Gasteiger partial charge in [-0.15, -0.1) is 0 Å². The zero-order valence-corrected chi connectivity index (χ0v) is 13.9. The fourth-order valence-corrected chi connectivity index (χ4v) is 3.41. The van der Waals surface area contributed by atoms with Gasteiger partial charge in [0.05, 0.1) is 18.6 Å². The lowest BCUT2D eigenvalue weighted by atomic mass is 9.78. The summed E-state index contributed by atoms with van der Waals surface area (Å²) in [4.78, 5) is 15.8. The Hall–Kier alpha value is -0.930. The van der Waals surface area contributed by atoms with Crippen molar-refractivity contribution < 1.29 is 27.1 Å². The van der Waals surface area contributed by atoms with Gasteiger partial charge in [-0.05, 0) is 25.9 Å². The molecule has 0 unspecified atom stereocenters. The molecular weight excluding hydrogens is 330 g/mol. The molecule has 2 aliphatic heterocycles. The number of amides is 1. The molecule has 0 spiro atoms. The third kappa shape index (κ3) is 4.37. The maximum atomic E-state index is 13.1. The van der Waals surface area contributed by atoms with Crippen LogP contribution >= 0.6 is 0 Å². The summed E-state index contributed by atoms with van der Waals surface area (Å²) in [6.45, 7) is 1.72. The first kappa shape index (κ1) is 19.4. The summed E-state index contributed by atoms with van der Waals surface area (Å²) in [5.41, 5.74) is -0.574. The predicted molar refractivity (Wildman–Crippen MR) is 80.4 cm³/mol. The minimum atomic E-state index is -4.02. The number of hydrogen-bond donors (Lipinski definition) is 1. The minimum Gasteiger partial charge on any atom is -0.384 e. The zero-order chi connectivity index (χ0) is 17.8. The van der Waals surface area contributed by atoms with Gasteiger partial charge in [0.15, 0.2) is 0 Å². The van der Waals surface area contributed by atoms with Gasteiger partial charge in [0, 0.05) is 33.3 Å². The van der Waals surface area contributed by atoms with E-state index in [2.05, 4.69) is 5.32 Å². The molecule has 0 bridgehead atoms. The van der Waals surface area contributed by atoms with Crippen LogP contribution in [0.1, 0.15) is 12.8 Å². The number of ether oxygens (including phenoxy) is 1. The van der Waals surface area contributed by atoms with Crippen molar-refractivity contribution in [3.63, 3.8) is 0 Å². The van der Waals surface area contributed by atoms with Crippen molar-refractivity contribution in [3.8, 4) is 0 Å². The van der Waals surface area contributed by atoms with Crippen molar-refractivity contribution in [2.45, 2.75) is 25.2 Å². The third-order valence-electron chi connectivity index (χ3n) is 4.85. The highest BCUT2D eigenvalue weighted by atomic mass is 19.3. The number of carbonyl (C=O) groups is 1. The summed E-state index contributed by atoms with van der Waals surface area (Å²) in [6, 6.07) is 0. The second kappa shape index (κ2) is 7.97. The second-order valence-corrected chi connectivity index (χ2v) is 6.59. The number of alkyl halides is 4. The Bertz CT molecular complexity index is 417. The van der Waals surface area contributed by atoms with Crippen molar-refractivity contribution in [1.82, 2.24) is 15.1 Å². The molecular formula is C15H25F4N3O2. The van der Waals surface area contributed by atoms with E-state index in [1.165, 1.54) is 4.90 Å². The van der Waals surface area contributed by atoms with Crippen LogP contribution in [0.3, 0.4) is 0 Å². The van der Waals surface area contributed by atoms with E-state index >= 15 is 0 Å². The van der Waals surface area contributed by atoms with Crippen molar-refractivity contribution in [2.24, 2.45) is 5.41 Å². The van der Waals surface area contributed by atoms with Gasteiger partial charge < -0.3 is 15.0 Å². The maximum Gasteiger partial charge on any atom is 0.319 e. The van der Waals surface area contributed by atoms with E-state index in [0.29, 0.717) is 19.4 Å². The van der Waals surface area contributed by atoms with E-state index in [0.717, 1.165) is 13.1 Å². The molecule has 9 heteroatoms. The Balaban J connectivity index is 1.92. The van der Waals surface area contributed by atoms with Crippen LogP contribution in [0.15, 0.2) is 0 Å². The fourth-order valence-electron chi connectivity index (χ4n) is 3.41. The molecule has 2 saturated heterocycles. The average Bonchev–Trinajstić information content (AvgIpc) is 2.55. The van der Waals surface area contributed by atoms with Crippen molar-refractivity contribution >= 4 is 5.91 Å². The lowest BCUT2D eigenvalue weighted by Crippen LogP contribution is -2.57. The Morgan fingerprint density at radius 3 is 2.29 bits per heavy atom. The summed E-state index contributed by atoms with van der Waals surface area (Å²) < 4.78 is 56.1. The van der Waals surface area contributed by atoms with Crippen LogP contribution in [0.25, 0.3) is 0 Å². The van der Waals surface area contributed by atoms with E-state index in [1.54, 1.807) is 12.0 Å². The summed E-state index contributed by atoms with van der Waals surface area (Å²) in [7, 11) is 1.56. The van der Waals surface area contributed by atoms with Crippen LogP contribution < -0.4 is 5.32 Å². The first-order valence-electron chi connectivity index (χ1n) is 8.18. The lowest BCUT2D eigenvalue weighted by Gasteiger charge is -2.43. The zero-order valence-electron chi connectivity index (χ0n) is 13.9. The van der Waals surface area contributed by atoms with Crippen LogP contribution in [0.5, 0.6) is 0 Å². The maximum absolute atomic E-state index is 13.1. The topological polar surface area (TPSA) is 44.8 Å². The lowest BCUT2D eigenvalue weighted by molar-refractivity contribution is -0.155. The largest absolute Gasteiger partial charge is 0.384 e. The van der Waals surface area contributed by atoms with Crippen LogP contribution in [-0.4, -0.2) is 87.6 Å². The third-order valence-corrected chi connectivity index (χ3v) is 4.85. The van der Waals surface area contributed by atoms with Crippen molar-refractivity contribution in [2.75, 3.05) is 59.5 Å². The molecule has 0 saturated carbocycles. The molecule has 0 aromatic carbocycles. The standard InChI is InChI=1S/C15H25F4N3O2/c1-24-11-14(2-4-20-5-3-14)13(23)22-8-6-21(7-9-22)10-15(18,19)12(16)17/h12,20H,2-11H2,1H3. The molecule has 0 aliphatic carbocycles. The van der Waals surface area contributed by atoms with Gasteiger partial charge in [-0.1, -0.05) is 0 Å². The van der Waals surface area contributed by atoms with E-state index in [-0.39, 0.29) is 32.1 Å². The van der Waals surface area contributed by atoms with Crippen LogP contribution in [0, 0.1) is 5.41 Å². The number of nitrogens with zero attached hydrogens (tertiary/aromatic N) is 2. The number of hydrogen-bond acceptors (Lipinski definition) is 4. The molecule has 2 heterocycles. The van der Waals surface area contributed by atoms with Crippen LogP contribution in [-0.2, 0) is 9.53 Å². The summed E-state index contributed by atoms with van der Waals surface area (Å²) in [5, 5.41) is 3.21. The molecule has 0 aromatic heterocycles. The van der Waals surface area contributed by atoms with Gasteiger partial charge in [0.25, 0.3) is 0 Å². The highest BCUT2D eigenvalue weighted by Gasteiger charge is 2.45. The predicted octanol–water partition coefficient (Wildman–Crippen LogP) is 1.05. The Kier molecular flexibility index (Phi) is 6.44. The smallest absolute Gasteiger partial charge is 0.319 e. The van der Waals surface area contributed by atoms with Crippen molar-refractivity contribution in [3.05, 3.63) is 0 Å². The Morgan fingerprint density at radius 2 is 1.79 bits per heavy atom. The van der Waals surface area contributed by atoms with Gasteiger partial charge in [-0.2, -0.15) is 8.78 Å². The van der Waals surface area contributed by atoms with E-state index < -0.39 is 24.3 Å². The fraction of sp³-hybridized carbons (Fsp3) is 0.933. The molecule has 1 N–H and O–H groups in total. The average molecular weight is 355 g/mol. The SMILES string of the molecule is COCC1(C(=O)N2CCN(CC(F)(F)C(F)F)CC2)CCNCC1. The quantitative estimate of drug-likeness (QED) is 0.724. The molecule has 0 radical (unpaired) electrons. The summed E-state index contributed by atoms with van der Waals surface area (Å²) in [6.07, 6.45) is -2.33. The molecule has 140 valence electrons. The van der Waals surface area contributed by atoms with Gasteiger partial charge in [0.1, 0.15) is 0 Å². The summed E-state index contributed by atoms with van der Waals surface area (Å²) in [5.74, 6) is -4.04. The summed E-state index contributed by atoms with van der Waals surface area (Å²) >= 11 is 0. The number of methoxy groups -OCH3 is 1. The van der Waals surface area contributed by atoms with E-state index in [1.807, 2.05) is 0 Å². The van der Waals surface area contributed by atoms with E-state index in [9.17, 15) is 22.4 Å². The van der Waals surface area contributed by atoms with Gasteiger partial charge in [-0.25, -0.2) is 8.78 Å². The molecule has 2 aliphatic rings. The highest BCUT2D eigenvalue weighted by Crippen LogP contribution is 2.32. The van der Waals surface area contributed by atoms with E-state index in [4.69, 9.17) is 4.74 Å². The van der Waals surface area contributed by atoms with Crippen LogP contribution in [0.2, 0.25) is 0 Å². The van der Waals surface area contributed by atoms with Gasteiger partial charge in [-0.3, -0.25) is 9.69 Å². The molecule has 0 aromatic rings. The number of piperazine rings is 1. The first-order valence-corrected chi connectivity index (χ1v) is 8.18. The number of nitrogens with one attached hydrogen (secondary N) is 1. The number of rotatable bonds is 6. The molecule has 5 nitrogen and oxygen atoms in total. The molecule has 0 atom stereocenters. The van der Waals surface area contributed by atoms with Gasteiger partial charge >= 0.3 is 12.3 Å². The Labute approximate surface area is 139 Å². The molecule has 24 heavy (non-hydrogen) atoms. The molecule has 2 rings (SSSR count). The minimum absolute atomic E-state index is 0.0221. The Morgan fingerprint density at radius 1 is 1.21 bits per heavy atom. The first-order chi connectivity index (χ1) is 11.3.